The number of nitrogens with zero attached hydrogens (tertiary/aromatic N) is 1. The molecule has 1 aliphatic rings. The number of aryl methyl sites for hydroxylation is 1. The van der Waals surface area contributed by atoms with Gasteiger partial charge in [-0.05, 0) is 38.1 Å². The molecule has 2 aromatic rings. The number of thiazole rings is 1. The van der Waals surface area contributed by atoms with Crippen LogP contribution in [0.3, 0.4) is 0 Å². The number of ether oxygens (including phenoxy) is 3. The summed E-state index contributed by atoms with van der Waals surface area (Å²) in [5.74, 6) is 0.855. The Kier molecular flexibility index (Phi) is 5.27. The van der Waals surface area contributed by atoms with Crippen molar-refractivity contribution in [3.8, 4) is 16.3 Å². The van der Waals surface area contributed by atoms with E-state index in [1.54, 1.807) is 18.4 Å². The Morgan fingerprint density at radius 3 is 2.65 bits per heavy atom. The molecular weight excluding hydrogens is 312 g/mol. The molecule has 0 spiro atoms. The zero-order valence-electron chi connectivity index (χ0n) is 13.7. The lowest BCUT2D eigenvalue weighted by Gasteiger charge is -2.15. The summed E-state index contributed by atoms with van der Waals surface area (Å²) in [6, 6.07) is 8.22. The van der Waals surface area contributed by atoms with Gasteiger partial charge in [0.05, 0.1) is 26.0 Å². The first kappa shape index (κ1) is 16.4. The van der Waals surface area contributed by atoms with Gasteiger partial charge in [-0.25, -0.2) is 4.98 Å². The molecule has 0 bridgehead atoms. The fraction of sp³-hybridized carbons (Fsp3) is 0.471. The molecule has 1 aromatic heterocycles. The monoisotopic (exact) mass is 334 g/mol. The van der Waals surface area contributed by atoms with E-state index in [1.807, 2.05) is 24.3 Å². The first-order valence-corrected chi connectivity index (χ1v) is 8.57. The van der Waals surface area contributed by atoms with Crippen molar-refractivity contribution in [2.75, 3.05) is 26.9 Å². The first-order chi connectivity index (χ1) is 11.2. The second-order valence-electron chi connectivity index (χ2n) is 5.50. The van der Waals surface area contributed by atoms with Crippen LogP contribution in [0.5, 0.6) is 5.75 Å². The lowest BCUT2D eigenvalue weighted by atomic mass is 10.2. The van der Waals surface area contributed by atoms with E-state index < -0.39 is 0 Å². The summed E-state index contributed by atoms with van der Waals surface area (Å²) in [6.07, 6.45) is -0.133. The van der Waals surface area contributed by atoms with Crippen LogP contribution in [0, 0.1) is 6.92 Å². The third-order valence-corrected chi connectivity index (χ3v) is 5.23. The second kappa shape index (κ2) is 7.40. The quantitative estimate of drug-likeness (QED) is 0.879. The van der Waals surface area contributed by atoms with Gasteiger partial charge >= 0.3 is 0 Å². The predicted molar refractivity (Wildman–Crippen MR) is 90.9 cm³/mol. The zero-order chi connectivity index (χ0) is 16.2. The lowest BCUT2D eigenvalue weighted by molar-refractivity contribution is -0.0403. The van der Waals surface area contributed by atoms with E-state index >= 15 is 0 Å². The fourth-order valence-electron chi connectivity index (χ4n) is 2.56. The van der Waals surface area contributed by atoms with Crippen LogP contribution in [0.4, 0.5) is 0 Å². The van der Waals surface area contributed by atoms with E-state index in [4.69, 9.17) is 19.2 Å². The molecule has 23 heavy (non-hydrogen) atoms. The maximum Gasteiger partial charge on any atom is 0.170 e. The molecule has 1 aromatic carbocycles. The molecule has 0 amide bonds. The molecule has 0 radical (unpaired) electrons. The third-order valence-electron chi connectivity index (χ3n) is 3.84. The molecule has 0 saturated carbocycles. The van der Waals surface area contributed by atoms with E-state index in [1.165, 1.54) is 4.88 Å². The molecule has 1 atom stereocenters. The minimum atomic E-state index is -0.133. The number of hydrogen-bond acceptors (Lipinski definition) is 6. The Bertz CT molecular complexity index is 636. The van der Waals surface area contributed by atoms with Crippen molar-refractivity contribution in [1.82, 2.24) is 10.3 Å². The Morgan fingerprint density at radius 1 is 1.30 bits per heavy atom. The summed E-state index contributed by atoms with van der Waals surface area (Å²) in [4.78, 5) is 5.96. The molecule has 1 N–H and O–H groups in total. The zero-order valence-corrected chi connectivity index (χ0v) is 14.5. The van der Waals surface area contributed by atoms with Crippen LogP contribution in [0.15, 0.2) is 24.3 Å². The van der Waals surface area contributed by atoms with Gasteiger partial charge in [0.15, 0.2) is 6.29 Å². The molecule has 6 heteroatoms. The van der Waals surface area contributed by atoms with E-state index in [-0.39, 0.29) is 12.3 Å². The van der Waals surface area contributed by atoms with Crippen LogP contribution in [0.2, 0.25) is 0 Å². The first-order valence-electron chi connectivity index (χ1n) is 7.75. The van der Waals surface area contributed by atoms with Gasteiger partial charge in [-0.2, -0.15) is 0 Å². The molecular formula is C17H22N2O3S. The minimum absolute atomic E-state index is 0.133. The van der Waals surface area contributed by atoms with Gasteiger partial charge in [-0.15, -0.1) is 11.3 Å². The molecule has 0 aliphatic carbocycles. The molecule has 2 heterocycles. The summed E-state index contributed by atoms with van der Waals surface area (Å²) in [6.45, 7) is 6.26. The minimum Gasteiger partial charge on any atom is -0.497 e. The van der Waals surface area contributed by atoms with E-state index in [2.05, 4.69) is 19.2 Å². The molecule has 1 saturated heterocycles. The Morgan fingerprint density at radius 2 is 2.00 bits per heavy atom. The number of hydrogen-bond donors (Lipinski definition) is 1. The smallest absolute Gasteiger partial charge is 0.170 e. The van der Waals surface area contributed by atoms with Crippen molar-refractivity contribution < 1.29 is 14.2 Å². The van der Waals surface area contributed by atoms with Crippen LogP contribution in [0.25, 0.3) is 10.6 Å². The Labute approximate surface area is 140 Å². The molecule has 0 unspecified atom stereocenters. The molecule has 124 valence electrons. The van der Waals surface area contributed by atoms with Crippen molar-refractivity contribution in [3.05, 3.63) is 34.8 Å². The largest absolute Gasteiger partial charge is 0.497 e. The standard InChI is InChI=1S/C17H22N2O3S/c1-11(18-10-15-21-8-9-22-15)16-12(2)19-17(23-16)13-4-6-14(20-3)7-5-13/h4-7,11,15,18H,8-10H2,1-3H3/t11-/m0/s1. The maximum atomic E-state index is 5.46. The highest BCUT2D eigenvalue weighted by Gasteiger charge is 2.19. The van der Waals surface area contributed by atoms with E-state index in [9.17, 15) is 0 Å². The van der Waals surface area contributed by atoms with Crippen molar-refractivity contribution in [3.63, 3.8) is 0 Å². The highest BCUT2D eigenvalue weighted by molar-refractivity contribution is 7.15. The number of benzene rings is 1. The summed E-state index contributed by atoms with van der Waals surface area (Å²) in [5.41, 5.74) is 2.17. The summed E-state index contributed by atoms with van der Waals surface area (Å²) in [5, 5.41) is 4.49. The van der Waals surface area contributed by atoms with Crippen molar-refractivity contribution >= 4 is 11.3 Å². The van der Waals surface area contributed by atoms with E-state index in [0.29, 0.717) is 19.8 Å². The summed E-state index contributed by atoms with van der Waals surface area (Å²) < 4.78 is 16.1. The van der Waals surface area contributed by atoms with Crippen LogP contribution in [-0.2, 0) is 9.47 Å². The van der Waals surface area contributed by atoms with Crippen LogP contribution < -0.4 is 10.1 Å². The normalized spacial score (nSPS) is 16.7. The number of nitrogens with one attached hydrogen (secondary N) is 1. The molecule has 1 aliphatic heterocycles. The Hall–Kier alpha value is -1.47. The van der Waals surface area contributed by atoms with Crippen molar-refractivity contribution in [2.45, 2.75) is 26.2 Å². The van der Waals surface area contributed by atoms with Gasteiger partial charge in [0, 0.05) is 23.0 Å². The summed E-state index contributed by atoms with van der Waals surface area (Å²) in [7, 11) is 1.67. The van der Waals surface area contributed by atoms with Crippen LogP contribution in [-0.4, -0.2) is 38.1 Å². The number of methoxy groups -OCH3 is 1. The maximum absolute atomic E-state index is 5.46. The van der Waals surface area contributed by atoms with Gasteiger partial charge in [-0.3, -0.25) is 0 Å². The highest BCUT2D eigenvalue weighted by atomic mass is 32.1. The third kappa shape index (κ3) is 3.90. The van der Waals surface area contributed by atoms with Gasteiger partial charge in [0.2, 0.25) is 0 Å². The van der Waals surface area contributed by atoms with Gasteiger partial charge < -0.3 is 19.5 Å². The van der Waals surface area contributed by atoms with Crippen LogP contribution in [0.1, 0.15) is 23.5 Å². The van der Waals surface area contributed by atoms with Crippen molar-refractivity contribution in [2.24, 2.45) is 0 Å². The van der Waals surface area contributed by atoms with Crippen molar-refractivity contribution in [1.29, 1.82) is 0 Å². The number of aromatic nitrogens is 1. The average molecular weight is 334 g/mol. The average Bonchev–Trinajstić information content (AvgIpc) is 3.22. The topological polar surface area (TPSA) is 52.6 Å². The second-order valence-corrected chi connectivity index (χ2v) is 6.53. The highest BCUT2D eigenvalue weighted by Crippen LogP contribution is 2.32. The SMILES string of the molecule is COc1ccc(-c2nc(C)c([C@H](C)NCC3OCCO3)s2)cc1. The molecule has 1 fully saturated rings. The van der Waals surface area contributed by atoms with Gasteiger partial charge in [0.1, 0.15) is 10.8 Å². The number of rotatable bonds is 6. The van der Waals surface area contributed by atoms with Crippen LogP contribution >= 0.6 is 11.3 Å². The Balaban J connectivity index is 1.68. The predicted octanol–water partition coefficient (Wildman–Crippen LogP) is 3.15. The molecule has 3 rings (SSSR count). The van der Waals surface area contributed by atoms with Gasteiger partial charge in [0.25, 0.3) is 0 Å². The molecule has 5 nitrogen and oxygen atoms in total. The fourth-order valence-corrected chi connectivity index (χ4v) is 3.66. The summed E-state index contributed by atoms with van der Waals surface area (Å²) >= 11 is 1.72. The van der Waals surface area contributed by atoms with E-state index in [0.717, 1.165) is 22.0 Å². The van der Waals surface area contributed by atoms with Gasteiger partial charge in [-0.1, -0.05) is 0 Å². The lowest BCUT2D eigenvalue weighted by Crippen LogP contribution is -2.29.